The van der Waals surface area contributed by atoms with E-state index in [1.807, 2.05) is 4.58 Å². The number of carbonyl (C=O) groups is 1. The van der Waals surface area contributed by atoms with Crippen LogP contribution in [0.3, 0.4) is 0 Å². The van der Waals surface area contributed by atoms with Gasteiger partial charge in [-0.1, -0.05) is 6.61 Å². The number of nitrogens with zero attached hydrogens (tertiary/aromatic N) is 2. The molecule has 0 bridgehead atoms. The maximum atomic E-state index is 11.2. The molecule has 2 heterocycles. The molecule has 0 unspecified atom stereocenters. The van der Waals surface area contributed by atoms with E-state index in [0.717, 1.165) is 25.1 Å². The largest absolute Gasteiger partial charge is 0.850 e. The van der Waals surface area contributed by atoms with E-state index in [0.29, 0.717) is 12.3 Å². The molecular formula is C8H10N2O2. The Balaban J connectivity index is 2.26. The van der Waals surface area contributed by atoms with E-state index in [1.165, 1.54) is 0 Å². The van der Waals surface area contributed by atoms with Crippen molar-refractivity contribution in [3.63, 3.8) is 0 Å². The summed E-state index contributed by atoms with van der Waals surface area (Å²) in [6.07, 6.45) is 1.84. The van der Waals surface area contributed by atoms with Crippen molar-refractivity contribution in [2.45, 2.75) is 12.8 Å². The second-order valence-corrected chi connectivity index (χ2v) is 3.10. The van der Waals surface area contributed by atoms with Gasteiger partial charge in [-0.15, -0.1) is 0 Å². The molecule has 2 rings (SSSR count). The summed E-state index contributed by atoms with van der Waals surface area (Å²) >= 11 is 0. The SMILES string of the molecule is O=C1N=C(C[O-])C[N+]2=C1CCC2. The van der Waals surface area contributed by atoms with Crippen molar-refractivity contribution in [2.75, 3.05) is 19.7 Å². The summed E-state index contributed by atoms with van der Waals surface area (Å²) in [4.78, 5) is 15.0. The van der Waals surface area contributed by atoms with Crippen LogP contribution in [0.15, 0.2) is 4.99 Å². The van der Waals surface area contributed by atoms with Crippen LogP contribution in [0, 0.1) is 0 Å². The van der Waals surface area contributed by atoms with Crippen LogP contribution >= 0.6 is 0 Å². The van der Waals surface area contributed by atoms with E-state index in [4.69, 9.17) is 0 Å². The van der Waals surface area contributed by atoms with Crippen molar-refractivity contribution in [1.29, 1.82) is 0 Å². The molecule has 2 aliphatic rings. The number of hydrogen-bond acceptors (Lipinski definition) is 2. The second kappa shape index (κ2) is 2.79. The molecule has 1 amide bonds. The first-order chi connectivity index (χ1) is 5.81. The quantitative estimate of drug-likeness (QED) is 0.449. The molecule has 0 aromatic carbocycles. The zero-order valence-electron chi connectivity index (χ0n) is 6.75. The van der Waals surface area contributed by atoms with Crippen LogP contribution in [0.1, 0.15) is 12.8 Å². The molecule has 0 saturated heterocycles. The standard InChI is InChI=1S/C8H10N2O2/c11-5-6-4-10-3-1-2-7(10)8(12)9-6/h1-5H2. The molecule has 0 spiro atoms. The minimum atomic E-state index is -0.352. The number of hydrogen-bond donors (Lipinski definition) is 0. The van der Waals surface area contributed by atoms with Crippen molar-refractivity contribution in [2.24, 2.45) is 4.99 Å². The number of carbonyl (C=O) groups excluding carboxylic acids is 1. The minimum absolute atomic E-state index is 0.190. The summed E-state index contributed by atoms with van der Waals surface area (Å²) in [5.41, 5.74) is 1.28. The normalized spacial score (nSPS) is 22.8. The average Bonchev–Trinajstić information content (AvgIpc) is 2.52. The van der Waals surface area contributed by atoms with Gasteiger partial charge in [0, 0.05) is 12.8 Å². The number of aliphatic imine (C=N–C) groups is 1. The first-order valence-electron chi connectivity index (χ1n) is 4.11. The fourth-order valence-electron chi connectivity index (χ4n) is 1.69. The van der Waals surface area contributed by atoms with Gasteiger partial charge in [0.2, 0.25) is 5.71 Å². The molecule has 0 saturated carbocycles. The van der Waals surface area contributed by atoms with Gasteiger partial charge in [-0.05, 0) is 0 Å². The van der Waals surface area contributed by atoms with Crippen LogP contribution in [0.5, 0.6) is 0 Å². The lowest BCUT2D eigenvalue weighted by Gasteiger charge is -2.10. The van der Waals surface area contributed by atoms with Crippen LogP contribution < -0.4 is 5.11 Å². The summed E-state index contributed by atoms with van der Waals surface area (Å²) in [5.74, 6) is -0.190. The monoisotopic (exact) mass is 166 g/mol. The Labute approximate surface area is 70.2 Å². The van der Waals surface area contributed by atoms with Crippen molar-refractivity contribution >= 4 is 17.3 Å². The van der Waals surface area contributed by atoms with Crippen LogP contribution in [-0.2, 0) is 4.79 Å². The fraction of sp³-hybridized carbons (Fsp3) is 0.625. The highest BCUT2D eigenvalue weighted by molar-refractivity contribution is 6.39. The summed E-state index contributed by atoms with van der Waals surface area (Å²) in [6, 6.07) is 0. The topological polar surface area (TPSA) is 55.5 Å². The smallest absolute Gasteiger partial charge is 0.336 e. The van der Waals surface area contributed by atoms with Crippen LogP contribution in [0.4, 0.5) is 0 Å². The van der Waals surface area contributed by atoms with Gasteiger partial charge >= 0.3 is 5.91 Å². The van der Waals surface area contributed by atoms with Gasteiger partial charge in [0.05, 0.1) is 5.71 Å². The van der Waals surface area contributed by atoms with Crippen LogP contribution in [0.25, 0.3) is 0 Å². The molecule has 4 nitrogen and oxygen atoms in total. The zero-order valence-corrected chi connectivity index (χ0v) is 6.75. The maximum absolute atomic E-state index is 11.2. The highest BCUT2D eigenvalue weighted by atomic mass is 16.3. The van der Waals surface area contributed by atoms with E-state index >= 15 is 0 Å². The van der Waals surface area contributed by atoms with Crippen molar-refractivity contribution in [1.82, 2.24) is 0 Å². The Morgan fingerprint density at radius 3 is 3.17 bits per heavy atom. The fourth-order valence-corrected chi connectivity index (χ4v) is 1.69. The van der Waals surface area contributed by atoms with Gasteiger partial charge in [-0.25, -0.2) is 9.57 Å². The molecule has 0 aromatic rings. The van der Waals surface area contributed by atoms with Gasteiger partial charge in [0.1, 0.15) is 6.54 Å². The van der Waals surface area contributed by atoms with E-state index < -0.39 is 0 Å². The Morgan fingerprint density at radius 1 is 1.58 bits per heavy atom. The molecule has 64 valence electrons. The third-order valence-corrected chi connectivity index (χ3v) is 2.27. The molecule has 0 fully saturated rings. The summed E-state index contributed by atoms with van der Waals surface area (Å²) in [7, 11) is 0. The predicted octanol–water partition coefficient (Wildman–Crippen LogP) is -1.42. The maximum Gasteiger partial charge on any atom is 0.336 e. The zero-order chi connectivity index (χ0) is 8.55. The van der Waals surface area contributed by atoms with Crippen molar-refractivity contribution in [3.8, 4) is 0 Å². The number of rotatable bonds is 1. The van der Waals surface area contributed by atoms with E-state index in [-0.39, 0.29) is 12.5 Å². The third-order valence-electron chi connectivity index (χ3n) is 2.27. The predicted molar refractivity (Wildman–Crippen MR) is 41.5 cm³/mol. The van der Waals surface area contributed by atoms with E-state index in [2.05, 4.69) is 4.99 Å². The Morgan fingerprint density at radius 2 is 2.42 bits per heavy atom. The molecule has 2 aliphatic heterocycles. The highest BCUT2D eigenvalue weighted by Gasteiger charge is 2.32. The summed E-state index contributed by atoms with van der Waals surface area (Å²) < 4.78 is 1.97. The van der Waals surface area contributed by atoms with Crippen LogP contribution in [0.2, 0.25) is 0 Å². The van der Waals surface area contributed by atoms with Crippen LogP contribution in [-0.4, -0.2) is 41.6 Å². The summed E-state index contributed by atoms with van der Waals surface area (Å²) in [5, 5.41) is 10.5. The first kappa shape index (κ1) is 7.61. The molecule has 4 heteroatoms. The minimum Gasteiger partial charge on any atom is -0.850 e. The lowest BCUT2D eigenvalue weighted by atomic mass is 10.2. The van der Waals surface area contributed by atoms with Gasteiger partial charge in [-0.3, -0.25) is 4.79 Å². The molecule has 12 heavy (non-hydrogen) atoms. The average molecular weight is 166 g/mol. The first-order valence-corrected chi connectivity index (χ1v) is 4.11. The third kappa shape index (κ3) is 1.08. The molecule has 0 N–H and O–H groups in total. The van der Waals surface area contributed by atoms with Gasteiger partial charge in [0.25, 0.3) is 0 Å². The lowest BCUT2D eigenvalue weighted by molar-refractivity contribution is -0.506. The van der Waals surface area contributed by atoms with E-state index in [9.17, 15) is 9.90 Å². The Kier molecular flexibility index (Phi) is 1.77. The molecule has 0 radical (unpaired) electrons. The Bertz CT molecular complexity index is 291. The number of amides is 1. The molecule has 0 aromatic heterocycles. The summed E-state index contributed by atoms with van der Waals surface area (Å²) in [6.45, 7) is 1.13. The van der Waals surface area contributed by atoms with Gasteiger partial charge < -0.3 is 5.11 Å². The Hall–Kier alpha value is -1.03. The highest BCUT2D eigenvalue weighted by Crippen LogP contribution is 2.09. The van der Waals surface area contributed by atoms with Gasteiger partial charge in [-0.2, -0.15) is 0 Å². The molecule has 0 atom stereocenters. The second-order valence-electron chi connectivity index (χ2n) is 3.10. The van der Waals surface area contributed by atoms with E-state index in [1.54, 1.807) is 0 Å². The van der Waals surface area contributed by atoms with Crippen molar-refractivity contribution in [3.05, 3.63) is 0 Å². The molecular weight excluding hydrogens is 156 g/mol. The van der Waals surface area contributed by atoms with Crippen molar-refractivity contribution < 1.29 is 14.5 Å². The lowest BCUT2D eigenvalue weighted by Crippen LogP contribution is -2.37. The van der Waals surface area contributed by atoms with Gasteiger partial charge in [0.15, 0.2) is 6.54 Å². The molecule has 0 aliphatic carbocycles.